The van der Waals surface area contributed by atoms with E-state index in [-0.39, 0.29) is 5.97 Å². The Kier molecular flexibility index (Phi) is 16.3. The summed E-state index contributed by atoms with van der Waals surface area (Å²) in [6.07, 6.45) is 6.00. The van der Waals surface area contributed by atoms with Crippen molar-refractivity contribution in [3.63, 3.8) is 0 Å². The molecule has 1 unspecified atom stereocenters. The maximum absolute atomic E-state index is 13.3. The Hall–Kier alpha value is -0.766. The van der Waals surface area contributed by atoms with Crippen LogP contribution in [0.1, 0.15) is 70.1 Å². The number of ether oxygens (including phenoxy) is 2. The van der Waals surface area contributed by atoms with Crippen molar-refractivity contribution in [2.45, 2.75) is 72.3 Å². The van der Waals surface area contributed by atoms with E-state index in [0.717, 1.165) is 48.1 Å². The monoisotopic (exact) mass is 739 g/mol. The molecule has 191 valence electrons. The SMILES string of the molecule is C/C=C(\C1=C(OC)CC(CCC)(CCc2ccccc2)OC1=O)c1cccc(C)c1.CC.[I][V][I]. The molecule has 0 saturated heterocycles. The molecule has 1 atom stereocenters. The van der Waals surface area contributed by atoms with Crippen molar-refractivity contribution in [3.05, 3.63) is 88.7 Å². The summed E-state index contributed by atoms with van der Waals surface area (Å²) in [4.78, 5) is 13.3. The average molecular weight is 739 g/mol. The van der Waals surface area contributed by atoms with Gasteiger partial charge in [0.1, 0.15) is 16.9 Å². The molecule has 2 aromatic carbocycles. The first-order valence-corrected chi connectivity index (χ1v) is 21.1. The molecule has 6 heteroatoms. The third kappa shape index (κ3) is 9.90. The van der Waals surface area contributed by atoms with Crippen molar-refractivity contribution in [2.75, 3.05) is 7.11 Å². The van der Waals surface area contributed by atoms with Gasteiger partial charge in [0.05, 0.1) is 7.11 Å². The molecule has 1 aliphatic rings. The molecule has 0 amide bonds. The number of rotatable bonds is 8. The van der Waals surface area contributed by atoms with Crippen LogP contribution in [-0.4, -0.2) is 18.7 Å². The summed E-state index contributed by atoms with van der Waals surface area (Å²) >= 11 is 4.74. The van der Waals surface area contributed by atoms with Crippen LogP contribution in [0.5, 0.6) is 0 Å². The summed E-state index contributed by atoms with van der Waals surface area (Å²) in [7, 11) is 2.29. The summed E-state index contributed by atoms with van der Waals surface area (Å²) in [5.41, 5.74) is 4.31. The molecule has 0 spiro atoms. The van der Waals surface area contributed by atoms with E-state index in [1.807, 2.05) is 57.2 Å². The standard InChI is InChI=1S/C27H32O3.C2H6.2HI.V/c1-5-16-27(17-15-21-12-8-7-9-13-21)19-24(29-4)25(26(28)30-27)23(6-2)22-14-10-11-20(3)18-22;1-2;;;/h6-14,18H,5,15-17,19H2,1-4H3;1-2H3;2*1H;/q;;;;+2/p-2/b23-6-;;;;. The van der Waals surface area contributed by atoms with Crippen molar-refractivity contribution in [1.82, 2.24) is 0 Å². The fourth-order valence-electron chi connectivity index (χ4n) is 4.36. The van der Waals surface area contributed by atoms with Crippen LogP contribution < -0.4 is 0 Å². The molecule has 1 heterocycles. The number of esters is 1. The molecule has 0 aromatic heterocycles. The molecule has 3 nitrogen and oxygen atoms in total. The van der Waals surface area contributed by atoms with E-state index < -0.39 is 5.60 Å². The summed E-state index contributed by atoms with van der Waals surface area (Å²) < 4.78 is 12.0. The Bertz CT molecular complexity index is 973. The van der Waals surface area contributed by atoms with Crippen LogP contribution in [0, 0.1) is 6.92 Å². The summed E-state index contributed by atoms with van der Waals surface area (Å²) in [5.74, 6) is 0.441. The quantitative estimate of drug-likeness (QED) is 0.200. The second-order valence-electron chi connectivity index (χ2n) is 8.12. The van der Waals surface area contributed by atoms with E-state index >= 15 is 0 Å². The molecule has 1 aliphatic heterocycles. The van der Waals surface area contributed by atoms with Gasteiger partial charge in [0, 0.05) is 6.42 Å². The number of methoxy groups -OCH3 is 1. The van der Waals surface area contributed by atoms with E-state index in [1.165, 1.54) is 5.56 Å². The number of hydrogen-bond donors (Lipinski definition) is 0. The van der Waals surface area contributed by atoms with Gasteiger partial charge in [-0.2, -0.15) is 0 Å². The van der Waals surface area contributed by atoms with E-state index in [0.29, 0.717) is 21.5 Å². The first-order valence-electron chi connectivity index (χ1n) is 12.1. The van der Waals surface area contributed by atoms with E-state index in [2.05, 4.69) is 78.1 Å². The van der Waals surface area contributed by atoms with Gasteiger partial charge in [0.15, 0.2) is 0 Å². The average Bonchev–Trinajstić information content (AvgIpc) is 2.87. The second kappa shape index (κ2) is 17.6. The number of carbonyl (C=O) groups is 1. The number of carbonyl (C=O) groups excluding carboxylic acids is 1. The predicted octanol–water partition coefficient (Wildman–Crippen LogP) is 9.21. The van der Waals surface area contributed by atoms with E-state index in [1.54, 1.807) is 7.11 Å². The minimum atomic E-state index is -0.526. The van der Waals surface area contributed by atoms with Crippen LogP contribution in [0.3, 0.4) is 0 Å². The zero-order valence-corrected chi connectivity index (χ0v) is 27.4. The molecule has 35 heavy (non-hydrogen) atoms. The molecule has 0 bridgehead atoms. The summed E-state index contributed by atoms with van der Waals surface area (Å²) in [6, 6.07) is 18.5. The van der Waals surface area contributed by atoms with Crippen molar-refractivity contribution >= 4 is 51.5 Å². The first-order chi connectivity index (χ1) is 16.9. The van der Waals surface area contributed by atoms with Crippen molar-refractivity contribution in [2.24, 2.45) is 0 Å². The van der Waals surface area contributed by atoms with Crippen LogP contribution in [0.4, 0.5) is 0 Å². The van der Waals surface area contributed by atoms with Gasteiger partial charge in [-0.3, -0.25) is 0 Å². The maximum atomic E-state index is 13.3. The Balaban J connectivity index is 0.00000114. The molecule has 0 radical (unpaired) electrons. The van der Waals surface area contributed by atoms with Crippen LogP contribution in [0.15, 0.2) is 72.0 Å². The normalized spacial score (nSPS) is 17.4. The Morgan fingerprint density at radius 3 is 2.31 bits per heavy atom. The molecular formula is C29H38I2O3V. The number of halogens is 2. The van der Waals surface area contributed by atoms with Crippen molar-refractivity contribution in [3.8, 4) is 0 Å². The predicted molar refractivity (Wildman–Crippen MR) is 161 cm³/mol. The van der Waals surface area contributed by atoms with Crippen LogP contribution in [0.25, 0.3) is 5.57 Å². The van der Waals surface area contributed by atoms with Gasteiger partial charge >= 0.3 is 55.4 Å². The minimum absolute atomic E-state index is 0.283. The number of benzene rings is 2. The fraction of sp³-hybridized carbons (Fsp3) is 0.414. The third-order valence-corrected chi connectivity index (χ3v) is 5.83. The number of aryl methyl sites for hydroxylation is 2. The van der Waals surface area contributed by atoms with Crippen LogP contribution in [0.2, 0.25) is 0 Å². The van der Waals surface area contributed by atoms with Gasteiger partial charge in [-0.05, 0) is 49.8 Å². The second-order valence-corrected chi connectivity index (χ2v) is 19.9. The van der Waals surface area contributed by atoms with Gasteiger partial charge in [-0.15, -0.1) is 0 Å². The van der Waals surface area contributed by atoms with Gasteiger partial charge < -0.3 is 9.47 Å². The Morgan fingerprint density at radius 2 is 1.77 bits per heavy atom. The van der Waals surface area contributed by atoms with E-state index in [9.17, 15) is 4.79 Å². The molecule has 0 N–H and O–H groups in total. The molecule has 3 rings (SSSR count). The molecule has 0 aliphatic carbocycles. The number of allylic oxidation sites excluding steroid dienone is 1. The molecular weight excluding hydrogens is 701 g/mol. The van der Waals surface area contributed by atoms with Gasteiger partial charge in [-0.1, -0.05) is 93.4 Å². The fourth-order valence-corrected chi connectivity index (χ4v) is 4.36. The Morgan fingerprint density at radius 1 is 1.11 bits per heavy atom. The van der Waals surface area contributed by atoms with Crippen LogP contribution >= 0.6 is 40.0 Å². The summed E-state index contributed by atoms with van der Waals surface area (Å²) in [5, 5.41) is 0. The van der Waals surface area contributed by atoms with Crippen molar-refractivity contribution < 1.29 is 23.7 Å². The zero-order chi connectivity index (χ0) is 26.3. The molecule has 2 aromatic rings. The molecule has 0 saturated carbocycles. The molecule has 0 fully saturated rings. The zero-order valence-electron chi connectivity index (χ0n) is 21.7. The Labute approximate surface area is 241 Å². The van der Waals surface area contributed by atoms with E-state index in [4.69, 9.17) is 9.47 Å². The van der Waals surface area contributed by atoms with Gasteiger partial charge in [-0.25, -0.2) is 4.79 Å². The number of cyclic esters (lactones) is 1. The first kappa shape index (κ1) is 32.3. The number of hydrogen-bond acceptors (Lipinski definition) is 3. The summed E-state index contributed by atoms with van der Waals surface area (Å²) in [6.45, 7) is 10.1. The van der Waals surface area contributed by atoms with Crippen molar-refractivity contribution in [1.29, 1.82) is 0 Å². The van der Waals surface area contributed by atoms with Gasteiger partial charge in [0.25, 0.3) is 0 Å². The van der Waals surface area contributed by atoms with Crippen LogP contribution in [-0.2, 0) is 30.2 Å². The van der Waals surface area contributed by atoms with Gasteiger partial charge in [0.2, 0.25) is 0 Å². The topological polar surface area (TPSA) is 35.5 Å². The third-order valence-electron chi connectivity index (χ3n) is 5.83.